The highest BCUT2D eigenvalue weighted by molar-refractivity contribution is 6.04. The van der Waals surface area contributed by atoms with E-state index in [9.17, 15) is 9.18 Å². The van der Waals surface area contributed by atoms with Gasteiger partial charge in [0.2, 0.25) is 0 Å². The van der Waals surface area contributed by atoms with E-state index in [1.807, 2.05) is 38.1 Å². The minimum Gasteiger partial charge on any atom is -0.352 e. The van der Waals surface area contributed by atoms with Crippen LogP contribution in [0.1, 0.15) is 42.0 Å². The van der Waals surface area contributed by atoms with Gasteiger partial charge in [0.15, 0.2) is 0 Å². The van der Waals surface area contributed by atoms with Gasteiger partial charge in [-0.25, -0.2) is 9.18 Å². The molecule has 2 aromatic carbocycles. The highest BCUT2D eigenvalue weighted by Crippen LogP contribution is 2.25. The molecule has 1 unspecified atom stereocenters. The molecule has 1 aliphatic carbocycles. The van der Waals surface area contributed by atoms with Crippen LogP contribution < -0.4 is 11.1 Å². The number of ether oxygens (including phenoxy) is 1. The van der Waals surface area contributed by atoms with E-state index in [-0.39, 0.29) is 24.3 Å². The van der Waals surface area contributed by atoms with Gasteiger partial charge in [-0.05, 0) is 59.9 Å². The standard InChI is InChI=1S/C22H25FN6O2/c1-4-20(25-24-18-12-11-15-8-6-9-17(23)21(15)18)31-13-16-14(2)7-5-10-19(16)29-22(30)28(3)26-27-29/h5-10,20,25H,4,11-13H2,1-3H3. The number of nitrogens with one attached hydrogen (secondary N) is 1. The fraction of sp³-hybridized carbons (Fsp3) is 0.364. The number of aryl methyl sites for hydroxylation is 3. The largest absolute Gasteiger partial charge is 0.368 e. The lowest BCUT2D eigenvalue weighted by atomic mass is 10.1. The first kappa shape index (κ1) is 20.9. The summed E-state index contributed by atoms with van der Waals surface area (Å²) in [5.41, 5.74) is 7.44. The molecule has 1 atom stereocenters. The van der Waals surface area contributed by atoms with Crippen LogP contribution in [0.25, 0.3) is 5.69 Å². The first-order valence-electron chi connectivity index (χ1n) is 10.3. The number of hydrogen-bond donors (Lipinski definition) is 1. The Bertz CT molecular complexity index is 1180. The van der Waals surface area contributed by atoms with Crippen molar-refractivity contribution in [2.45, 2.75) is 45.9 Å². The maximum absolute atomic E-state index is 14.2. The van der Waals surface area contributed by atoms with Gasteiger partial charge in [-0.3, -0.25) is 5.43 Å². The van der Waals surface area contributed by atoms with Crippen LogP contribution in [-0.4, -0.2) is 31.7 Å². The highest BCUT2D eigenvalue weighted by Gasteiger charge is 2.22. The van der Waals surface area contributed by atoms with E-state index < -0.39 is 0 Å². The third-order valence-electron chi connectivity index (χ3n) is 5.50. The van der Waals surface area contributed by atoms with Crippen LogP contribution in [0, 0.1) is 12.7 Å². The smallest absolute Gasteiger partial charge is 0.352 e. The van der Waals surface area contributed by atoms with Gasteiger partial charge in [-0.15, -0.1) is 0 Å². The lowest BCUT2D eigenvalue weighted by Gasteiger charge is -2.18. The Morgan fingerprint density at radius 2 is 2.03 bits per heavy atom. The van der Waals surface area contributed by atoms with Crippen molar-refractivity contribution >= 4 is 5.71 Å². The summed E-state index contributed by atoms with van der Waals surface area (Å²) in [4.78, 5) is 12.3. The SMILES string of the molecule is CCC(NN=C1CCc2cccc(F)c21)OCc1c(C)cccc1-n1nnn(C)c1=O. The molecular formula is C22H25FN6O2. The normalized spacial score (nSPS) is 15.3. The third kappa shape index (κ3) is 4.13. The van der Waals surface area contributed by atoms with E-state index in [0.29, 0.717) is 29.8 Å². The number of fused-ring (bicyclic) bond motifs is 1. The summed E-state index contributed by atoms with van der Waals surface area (Å²) < 4.78 is 22.7. The summed E-state index contributed by atoms with van der Waals surface area (Å²) in [6.07, 6.45) is 1.77. The van der Waals surface area contributed by atoms with Crippen LogP contribution in [-0.2, 0) is 24.8 Å². The van der Waals surface area contributed by atoms with Crippen molar-refractivity contribution in [3.63, 3.8) is 0 Å². The molecule has 1 aliphatic rings. The maximum atomic E-state index is 14.2. The Hall–Kier alpha value is -3.33. The number of hydrogen-bond acceptors (Lipinski definition) is 6. The first-order chi connectivity index (χ1) is 15.0. The maximum Gasteiger partial charge on any atom is 0.368 e. The fourth-order valence-corrected chi connectivity index (χ4v) is 3.71. The summed E-state index contributed by atoms with van der Waals surface area (Å²) in [6.45, 7) is 4.19. The van der Waals surface area contributed by atoms with Gasteiger partial charge in [-0.1, -0.05) is 31.2 Å². The van der Waals surface area contributed by atoms with Crippen molar-refractivity contribution in [1.29, 1.82) is 0 Å². The molecule has 0 saturated heterocycles. The zero-order valence-corrected chi connectivity index (χ0v) is 17.8. The van der Waals surface area contributed by atoms with Crippen LogP contribution in [0.3, 0.4) is 0 Å². The second-order valence-electron chi connectivity index (χ2n) is 7.54. The molecule has 31 heavy (non-hydrogen) atoms. The molecular weight excluding hydrogens is 399 g/mol. The lowest BCUT2D eigenvalue weighted by Crippen LogP contribution is -2.29. The van der Waals surface area contributed by atoms with Gasteiger partial charge in [0, 0.05) is 18.2 Å². The van der Waals surface area contributed by atoms with E-state index in [1.165, 1.54) is 15.4 Å². The molecule has 1 aromatic heterocycles. The van der Waals surface area contributed by atoms with E-state index in [1.54, 1.807) is 13.1 Å². The summed E-state index contributed by atoms with van der Waals surface area (Å²) >= 11 is 0. The number of tetrazole rings is 1. The van der Waals surface area contributed by atoms with Crippen molar-refractivity contribution in [2.75, 3.05) is 0 Å². The first-order valence-corrected chi connectivity index (χ1v) is 10.3. The van der Waals surface area contributed by atoms with Crippen molar-refractivity contribution < 1.29 is 9.13 Å². The van der Waals surface area contributed by atoms with Crippen LogP contribution in [0.5, 0.6) is 0 Å². The molecule has 3 aromatic rings. The van der Waals surface area contributed by atoms with E-state index in [0.717, 1.165) is 23.1 Å². The molecule has 0 saturated carbocycles. The number of nitrogens with zero attached hydrogens (tertiary/aromatic N) is 5. The molecule has 1 heterocycles. The van der Waals surface area contributed by atoms with Crippen molar-refractivity contribution in [1.82, 2.24) is 25.2 Å². The minimum absolute atomic E-state index is 0.247. The second-order valence-corrected chi connectivity index (χ2v) is 7.54. The lowest BCUT2D eigenvalue weighted by molar-refractivity contribution is 0.0157. The fourth-order valence-electron chi connectivity index (χ4n) is 3.71. The molecule has 0 amide bonds. The predicted octanol–water partition coefficient (Wildman–Crippen LogP) is 2.61. The van der Waals surface area contributed by atoms with Gasteiger partial charge in [0.25, 0.3) is 0 Å². The highest BCUT2D eigenvalue weighted by atomic mass is 19.1. The van der Waals surface area contributed by atoms with Crippen molar-refractivity contribution in [3.05, 3.63) is 75.0 Å². The van der Waals surface area contributed by atoms with Crippen LogP contribution in [0.15, 0.2) is 46.3 Å². The van der Waals surface area contributed by atoms with Gasteiger partial charge in [-0.2, -0.15) is 14.5 Å². The molecule has 1 N–H and O–H groups in total. The number of rotatable bonds is 7. The quantitative estimate of drug-likeness (QED) is 0.465. The summed E-state index contributed by atoms with van der Waals surface area (Å²) in [6, 6.07) is 10.8. The summed E-state index contributed by atoms with van der Waals surface area (Å²) in [7, 11) is 1.55. The van der Waals surface area contributed by atoms with Crippen LogP contribution >= 0.6 is 0 Å². The van der Waals surface area contributed by atoms with E-state index in [2.05, 4.69) is 21.0 Å². The molecule has 9 heteroatoms. The Kier molecular flexibility index (Phi) is 5.94. The molecule has 0 fully saturated rings. The van der Waals surface area contributed by atoms with Gasteiger partial charge in [0.05, 0.1) is 18.0 Å². The molecule has 162 valence electrons. The molecule has 0 aliphatic heterocycles. The van der Waals surface area contributed by atoms with Gasteiger partial charge >= 0.3 is 5.69 Å². The van der Waals surface area contributed by atoms with Crippen molar-refractivity contribution in [2.24, 2.45) is 12.1 Å². The molecule has 8 nitrogen and oxygen atoms in total. The zero-order chi connectivity index (χ0) is 22.0. The number of aromatic nitrogens is 4. The molecule has 0 bridgehead atoms. The Balaban J connectivity index is 1.51. The Morgan fingerprint density at radius 3 is 2.77 bits per heavy atom. The minimum atomic E-state index is -0.366. The number of halogens is 1. The Labute approximate surface area is 179 Å². The van der Waals surface area contributed by atoms with E-state index in [4.69, 9.17) is 4.74 Å². The average Bonchev–Trinajstić information content (AvgIpc) is 3.33. The monoisotopic (exact) mass is 424 g/mol. The third-order valence-corrected chi connectivity index (χ3v) is 5.50. The average molecular weight is 424 g/mol. The molecule has 4 rings (SSSR count). The summed E-state index contributed by atoms with van der Waals surface area (Å²) in [5.74, 6) is -0.247. The second kappa shape index (κ2) is 8.81. The molecule has 0 radical (unpaired) electrons. The van der Waals surface area contributed by atoms with Crippen LogP contribution in [0.2, 0.25) is 0 Å². The topological polar surface area (TPSA) is 86.3 Å². The van der Waals surface area contributed by atoms with E-state index >= 15 is 0 Å². The van der Waals surface area contributed by atoms with Crippen molar-refractivity contribution in [3.8, 4) is 5.69 Å². The van der Waals surface area contributed by atoms with Gasteiger partial charge in [0.1, 0.15) is 12.0 Å². The van der Waals surface area contributed by atoms with Crippen LogP contribution in [0.4, 0.5) is 4.39 Å². The Morgan fingerprint density at radius 1 is 1.23 bits per heavy atom. The zero-order valence-electron chi connectivity index (χ0n) is 17.8. The van der Waals surface area contributed by atoms with Gasteiger partial charge < -0.3 is 4.74 Å². The predicted molar refractivity (Wildman–Crippen MR) is 115 cm³/mol. The molecule has 0 spiro atoms. The number of benzene rings is 2. The number of hydrazone groups is 1. The summed E-state index contributed by atoms with van der Waals surface area (Å²) in [5, 5.41) is 12.2.